The highest BCUT2D eigenvalue weighted by atomic mass is 16.4. The Bertz CT molecular complexity index is 1250. The van der Waals surface area contributed by atoms with Crippen molar-refractivity contribution in [2.24, 2.45) is 11.5 Å². The lowest BCUT2D eigenvalue weighted by molar-refractivity contribution is -0.161. The quantitative estimate of drug-likeness (QED) is 0.193. The lowest BCUT2D eigenvalue weighted by Gasteiger charge is -2.43. The average molecular weight is 526 g/mol. The third-order valence-electron chi connectivity index (χ3n) is 6.10. The van der Waals surface area contributed by atoms with Crippen LogP contribution in [0.2, 0.25) is 0 Å². The van der Waals surface area contributed by atoms with Crippen LogP contribution >= 0.6 is 0 Å². The summed E-state index contributed by atoms with van der Waals surface area (Å²) in [6, 6.07) is 9.45. The number of amides is 4. The minimum absolute atomic E-state index is 0.0443. The van der Waals surface area contributed by atoms with Gasteiger partial charge in [-0.25, -0.2) is 14.5 Å². The number of hydrogen-bond acceptors (Lipinski definition) is 8. The van der Waals surface area contributed by atoms with Crippen LogP contribution in [0.4, 0.5) is 10.5 Å². The Morgan fingerprint density at radius 2 is 1.61 bits per heavy atom. The molecular formula is C25H27N5O8. The average Bonchev–Trinajstić information content (AvgIpc) is 3.14. The molecule has 7 N–H and O–H groups in total. The van der Waals surface area contributed by atoms with Crippen molar-refractivity contribution in [3.05, 3.63) is 65.7 Å². The summed E-state index contributed by atoms with van der Waals surface area (Å²) in [4.78, 5) is 78.1. The number of carbonyl (C=O) groups is 6. The fraction of sp³-hybridized carbons (Fsp3) is 0.280. The van der Waals surface area contributed by atoms with Gasteiger partial charge in [0.1, 0.15) is 6.04 Å². The molecule has 1 aliphatic rings. The SMILES string of the molecule is CC(=O)[C@](C(=O)O)(N1C(=O)NC(Cc2ccc(CN)cc2)C1=O)N(C(=O)[C@@H](N)CC(=O)O)c1ccccc1. The summed E-state index contributed by atoms with van der Waals surface area (Å²) >= 11 is 0. The van der Waals surface area contributed by atoms with E-state index < -0.39 is 59.7 Å². The maximum Gasteiger partial charge on any atom is 0.360 e. The molecule has 0 aromatic heterocycles. The highest BCUT2D eigenvalue weighted by Gasteiger charge is 2.64. The summed E-state index contributed by atoms with van der Waals surface area (Å²) in [5.74, 6) is -7.10. The molecule has 0 bridgehead atoms. The number of carbonyl (C=O) groups excluding carboxylic acids is 4. The Labute approximate surface area is 217 Å². The van der Waals surface area contributed by atoms with Gasteiger partial charge in [0.25, 0.3) is 11.6 Å². The molecule has 0 saturated carbocycles. The molecule has 3 rings (SSSR count). The minimum Gasteiger partial charge on any atom is -0.481 e. The number of urea groups is 1. The molecule has 0 radical (unpaired) electrons. The van der Waals surface area contributed by atoms with Gasteiger partial charge < -0.3 is 27.0 Å². The summed E-state index contributed by atoms with van der Waals surface area (Å²) in [7, 11) is 0. The van der Waals surface area contributed by atoms with Gasteiger partial charge in [-0.15, -0.1) is 0 Å². The predicted octanol–water partition coefficient (Wildman–Crippen LogP) is -0.187. The second-order valence-corrected chi connectivity index (χ2v) is 8.65. The number of carboxylic acid groups (broad SMARTS) is 2. The van der Waals surface area contributed by atoms with Gasteiger partial charge in [0.15, 0.2) is 5.78 Å². The molecule has 1 aliphatic heterocycles. The van der Waals surface area contributed by atoms with Crippen molar-refractivity contribution in [3.8, 4) is 0 Å². The standard InChI is InChI=1S/C25H27N5O8/c1-14(31)25(23(36)37,29(17-5-3-2-4-6-17)21(34)18(27)12-20(32)33)30-22(35)19(28-24(30)38)11-15-7-9-16(13-26)10-8-15/h2-10,18-19H,11-13,26-27H2,1H3,(H,28,38)(H,32,33)(H,36,37)/t18-,19?,25+/m0/s1. The number of anilines is 1. The Morgan fingerprint density at radius 1 is 1.03 bits per heavy atom. The van der Waals surface area contributed by atoms with Gasteiger partial charge in [-0.2, -0.15) is 0 Å². The van der Waals surface area contributed by atoms with Crippen molar-refractivity contribution in [1.29, 1.82) is 0 Å². The fourth-order valence-electron chi connectivity index (χ4n) is 4.27. The van der Waals surface area contributed by atoms with E-state index in [1.54, 1.807) is 30.3 Å². The maximum absolute atomic E-state index is 13.5. The van der Waals surface area contributed by atoms with Gasteiger partial charge in [-0.1, -0.05) is 42.5 Å². The van der Waals surface area contributed by atoms with Crippen molar-refractivity contribution >= 4 is 41.3 Å². The molecule has 200 valence electrons. The number of hydrogen-bond donors (Lipinski definition) is 5. The number of carboxylic acids is 2. The molecular weight excluding hydrogens is 498 g/mol. The van der Waals surface area contributed by atoms with Crippen LogP contribution in [0.3, 0.4) is 0 Å². The van der Waals surface area contributed by atoms with Crippen LogP contribution in [0, 0.1) is 0 Å². The number of benzene rings is 2. The normalized spacial score (nSPS) is 17.3. The van der Waals surface area contributed by atoms with Gasteiger partial charge in [0.05, 0.1) is 12.5 Å². The Morgan fingerprint density at radius 3 is 2.11 bits per heavy atom. The first-order valence-electron chi connectivity index (χ1n) is 11.5. The molecule has 1 unspecified atom stereocenters. The second-order valence-electron chi connectivity index (χ2n) is 8.65. The molecule has 1 heterocycles. The highest BCUT2D eigenvalue weighted by molar-refractivity contribution is 6.23. The van der Waals surface area contributed by atoms with Crippen molar-refractivity contribution in [2.75, 3.05) is 4.90 Å². The number of nitrogens with two attached hydrogens (primary N) is 2. The van der Waals surface area contributed by atoms with E-state index in [2.05, 4.69) is 5.32 Å². The van der Waals surface area contributed by atoms with Crippen molar-refractivity contribution in [1.82, 2.24) is 10.2 Å². The van der Waals surface area contributed by atoms with Gasteiger partial charge in [0.2, 0.25) is 5.91 Å². The monoisotopic (exact) mass is 525 g/mol. The lowest BCUT2D eigenvalue weighted by atomic mass is 9.96. The smallest absolute Gasteiger partial charge is 0.360 e. The maximum atomic E-state index is 13.5. The Balaban J connectivity index is 2.14. The van der Waals surface area contributed by atoms with E-state index in [1.807, 2.05) is 0 Å². The number of rotatable bonds is 11. The van der Waals surface area contributed by atoms with Crippen LogP contribution in [-0.2, 0) is 36.9 Å². The number of para-hydroxylation sites is 1. The van der Waals surface area contributed by atoms with E-state index in [1.165, 1.54) is 24.3 Å². The molecule has 3 atom stereocenters. The number of aliphatic carboxylic acids is 2. The molecule has 2 aromatic carbocycles. The van der Waals surface area contributed by atoms with Crippen LogP contribution < -0.4 is 21.7 Å². The number of imide groups is 1. The zero-order valence-electron chi connectivity index (χ0n) is 20.4. The van der Waals surface area contributed by atoms with Crippen LogP contribution in [-0.4, -0.2) is 68.4 Å². The van der Waals surface area contributed by atoms with Crippen LogP contribution in [0.15, 0.2) is 54.6 Å². The van der Waals surface area contributed by atoms with Gasteiger partial charge in [0, 0.05) is 18.7 Å². The minimum atomic E-state index is -3.20. The summed E-state index contributed by atoms with van der Waals surface area (Å²) in [5.41, 5.74) is 9.43. The van der Waals surface area contributed by atoms with Gasteiger partial charge in [-0.05, 0) is 30.2 Å². The molecule has 2 aromatic rings. The number of nitrogens with zero attached hydrogens (tertiary/aromatic N) is 2. The molecule has 0 aliphatic carbocycles. The summed E-state index contributed by atoms with van der Waals surface area (Å²) in [6.07, 6.45) is -0.950. The van der Waals surface area contributed by atoms with Crippen LogP contribution in [0.5, 0.6) is 0 Å². The predicted molar refractivity (Wildman–Crippen MR) is 132 cm³/mol. The summed E-state index contributed by atoms with van der Waals surface area (Å²) in [5, 5.41) is 21.9. The molecule has 4 amide bonds. The van der Waals surface area contributed by atoms with Crippen molar-refractivity contribution < 1.29 is 39.0 Å². The lowest BCUT2D eigenvalue weighted by Crippen LogP contribution is -2.74. The Kier molecular flexibility index (Phi) is 8.23. The number of nitrogens with one attached hydrogen (secondary N) is 1. The van der Waals surface area contributed by atoms with Crippen LogP contribution in [0.1, 0.15) is 24.5 Å². The largest absolute Gasteiger partial charge is 0.481 e. The van der Waals surface area contributed by atoms with E-state index in [-0.39, 0.29) is 17.0 Å². The van der Waals surface area contributed by atoms with E-state index in [4.69, 9.17) is 16.6 Å². The summed E-state index contributed by atoms with van der Waals surface area (Å²) < 4.78 is 0. The molecule has 1 saturated heterocycles. The molecule has 38 heavy (non-hydrogen) atoms. The van der Waals surface area contributed by atoms with E-state index in [0.29, 0.717) is 17.0 Å². The molecule has 13 nitrogen and oxygen atoms in total. The first-order chi connectivity index (χ1) is 17.9. The Hall–Kier alpha value is -4.62. The van der Waals surface area contributed by atoms with E-state index >= 15 is 0 Å². The van der Waals surface area contributed by atoms with Crippen molar-refractivity contribution in [3.63, 3.8) is 0 Å². The first-order valence-corrected chi connectivity index (χ1v) is 11.5. The summed E-state index contributed by atoms with van der Waals surface area (Å²) in [6.45, 7) is 1.10. The molecule has 0 spiro atoms. The third-order valence-corrected chi connectivity index (χ3v) is 6.10. The number of ketones is 1. The van der Waals surface area contributed by atoms with E-state index in [0.717, 1.165) is 12.5 Å². The second kappa shape index (κ2) is 11.2. The first kappa shape index (κ1) is 28.0. The zero-order chi connectivity index (χ0) is 28.2. The number of Topliss-reactive ketones (excluding diaryl/α,β-unsaturated/α-hetero) is 1. The zero-order valence-corrected chi connectivity index (χ0v) is 20.4. The van der Waals surface area contributed by atoms with Gasteiger partial charge in [-0.3, -0.25) is 24.1 Å². The fourth-order valence-corrected chi connectivity index (χ4v) is 4.27. The van der Waals surface area contributed by atoms with E-state index in [9.17, 15) is 33.9 Å². The molecule has 13 heteroatoms. The molecule has 1 fully saturated rings. The van der Waals surface area contributed by atoms with Gasteiger partial charge >= 0.3 is 18.0 Å². The third kappa shape index (κ3) is 5.10. The van der Waals surface area contributed by atoms with Crippen LogP contribution in [0.25, 0.3) is 0 Å². The van der Waals surface area contributed by atoms with Crippen molar-refractivity contribution in [2.45, 2.75) is 44.1 Å². The topological polar surface area (TPSA) is 213 Å². The highest BCUT2D eigenvalue weighted by Crippen LogP contribution is 2.33.